The van der Waals surface area contributed by atoms with E-state index < -0.39 is 6.10 Å². The van der Waals surface area contributed by atoms with Crippen molar-refractivity contribution in [3.63, 3.8) is 0 Å². The molecule has 3 rings (SSSR count). The van der Waals surface area contributed by atoms with E-state index in [4.69, 9.17) is 10.00 Å². The zero-order chi connectivity index (χ0) is 15.4. The first-order valence-electron chi connectivity index (χ1n) is 6.78. The van der Waals surface area contributed by atoms with E-state index in [2.05, 4.69) is 9.97 Å². The number of aromatic nitrogens is 2. The number of ether oxygens (including phenoxy) is 1. The van der Waals surface area contributed by atoms with Gasteiger partial charge >= 0.3 is 0 Å². The minimum absolute atomic E-state index is 0.123. The van der Waals surface area contributed by atoms with Crippen LogP contribution >= 0.6 is 0 Å². The molecule has 108 valence electrons. The Hall–Kier alpha value is -2.97. The van der Waals surface area contributed by atoms with Crippen LogP contribution < -0.4 is 4.74 Å². The topological polar surface area (TPSA) is 79.0 Å². The summed E-state index contributed by atoms with van der Waals surface area (Å²) in [6.45, 7) is 0.123. The second-order valence-electron chi connectivity index (χ2n) is 4.77. The van der Waals surface area contributed by atoms with Crippen LogP contribution in [0.15, 0.2) is 54.9 Å². The first kappa shape index (κ1) is 14.0. The minimum atomic E-state index is -0.759. The van der Waals surface area contributed by atoms with Crippen LogP contribution in [0.1, 0.15) is 17.2 Å². The maximum absolute atomic E-state index is 10.1. The molecule has 0 spiro atoms. The summed E-state index contributed by atoms with van der Waals surface area (Å²) in [5, 5.41) is 18.9. The van der Waals surface area contributed by atoms with Gasteiger partial charge in [-0.15, -0.1) is 0 Å². The molecule has 0 saturated heterocycles. The average molecular weight is 291 g/mol. The molecule has 0 aliphatic carbocycles. The number of benzene rings is 2. The number of rotatable bonds is 4. The monoisotopic (exact) mass is 291 g/mol. The van der Waals surface area contributed by atoms with Crippen molar-refractivity contribution in [2.24, 2.45) is 0 Å². The fourth-order valence-corrected chi connectivity index (χ4v) is 2.08. The molecule has 0 fully saturated rings. The normalized spacial score (nSPS) is 11.8. The molecule has 1 unspecified atom stereocenters. The number of fused-ring (bicyclic) bond motifs is 1. The third-order valence-electron chi connectivity index (χ3n) is 3.27. The van der Waals surface area contributed by atoms with E-state index in [-0.39, 0.29) is 6.61 Å². The maximum atomic E-state index is 10.1. The molecule has 1 heterocycles. The van der Waals surface area contributed by atoms with Gasteiger partial charge in [-0.1, -0.05) is 12.1 Å². The Bertz CT molecular complexity index is 825. The molecule has 0 amide bonds. The van der Waals surface area contributed by atoms with Crippen molar-refractivity contribution >= 4 is 11.0 Å². The molecule has 0 aliphatic rings. The highest BCUT2D eigenvalue weighted by Crippen LogP contribution is 2.20. The van der Waals surface area contributed by atoms with Gasteiger partial charge < -0.3 is 9.84 Å². The van der Waals surface area contributed by atoms with Crippen LogP contribution in [0.3, 0.4) is 0 Å². The average Bonchev–Trinajstić information content (AvgIpc) is 2.59. The van der Waals surface area contributed by atoms with E-state index in [1.165, 1.54) is 0 Å². The zero-order valence-electron chi connectivity index (χ0n) is 11.7. The Morgan fingerprint density at radius 2 is 1.77 bits per heavy atom. The highest BCUT2D eigenvalue weighted by atomic mass is 16.5. The number of nitriles is 1. The third kappa shape index (κ3) is 3.03. The van der Waals surface area contributed by atoms with Gasteiger partial charge in [-0.05, 0) is 29.8 Å². The van der Waals surface area contributed by atoms with E-state index in [1.54, 1.807) is 48.8 Å². The molecule has 1 aromatic heterocycles. The van der Waals surface area contributed by atoms with Gasteiger partial charge in [0.2, 0.25) is 0 Å². The van der Waals surface area contributed by atoms with Crippen molar-refractivity contribution < 1.29 is 9.84 Å². The molecular formula is C17H13N3O2. The van der Waals surface area contributed by atoms with Gasteiger partial charge in [0.05, 0.1) is 22.7 Å². The maximum Gasteiger partial charge on any atom is 0.121 e. The van der Waals surface area contributed by atoms with Crippen molar-refractivity contribution in [2.75, 3.05) is 6.61 Å². The second-order valence-corrected chi connectivity index (χ2v) is 4.77. The molecule has 3 aromatic rings. The number of hydrogen-bond donors (Lipinski definition) is 1. The van der Waals surface area contributed by atoms with E-state index in [9.17, 15) is 5.11 Å². The van der Waals surface area contributed by atoms with Crippen LogP contribution in [0.4, 0.5) is 0 Å². The summed E-state index contributed by atoms with van der Waals surface area (Å²) in [7, 11) is 0. The first-order chi connectivity index (χ1) is 10.8. The molecule has 2 aromatic carbocycles. The molecule has 0 bridgehead atoms. The fraction of sp³-hybridized carbons (Fsp3) is 0.118. The van der Waals surface area contributed by atoms with Gasteiger partial charge in [-0.2, -0.15) is 5.26 Å². The van der Waals surface area contributed by atoms with Crippen LogP contribution in [0, 0.1) is 11.3 Å². The summed E-state index contributed by atoms with van der Waals surface area (Å²) in [5.74, 6) is 0.626. The molecule has 5 nitrogen and oxygen atoms in total. The van der Waals surface area contributed by atoms with Crippen molar-refractivity contribution in [1.29, 1.82) is 5.26 Å². The predicted octanol–water partition coefficient (Wildman–Crippen LogP) is 2.61. The fourth-order valence-electron chi connectivity index (χ4n) is 2.08. The van der Waals surface area contributed by atoms with Gasteiger partial charge in [-0.25, -0.2) is 0 Å². The standard InChI is InChI=1S/C17H13N3O2/c18-10-12-1-3-13(4-2-12)17(21)11-22-14-5-6-15-16(9-14)20-8-7-19-15/h1-9,17,21H,11H2. The summed E-state index contributed by atoms with van der Waals surface area (Å²) < 4.78 is 5.60. The Kier molecular flexibility index (Phi) is 3.95. The molecule has 0 radical (unpaired) electrons. The van der Waals surface area contributed by atoms with Crippen LogP contribution in [0.25, 0.3) is 11.0 Å². The van der Waals surface area contributed by atoms with Crippen molar-refractivity contribution in [2.45, 2.75) is 6.10 Å². The summed E-state index contributed by atoms with van der Waals surface area (Å²) in [5.41, 5.74) is 2.81. The van der Waals surface area contributed by atoms with Gasteiger partial charge in [0, 0.05) is 18.5 Å². The Morgan fingerprint density at radius 1 is 1.05 bits per heavy atom. The number of aliphatic hydroxyl groups excluding tert-OH is 1. The molecule has 0 aliphatic heterocycles. The lowest BCUT2D eigenvalue weighted by atomic mass is 10.1. The molecule has 1 atom stereocenters. The summed E-state index contributed by atoms with van der Waals surface area (Å²) >= 11 is 0. The number of aliphatic hydroxyl groups is 1. The SMILES string of the molecule is N#Cc1ccc(C(O)COc2ccc3nccnc3c2)cc1. The van der Waals surface area contributed by atoms with Gasteiger partial charge in [0.15, 0.2) is 0 Å². The molecular weight excluding hydrogens is 278 g/mol. The Morgan fingerprint density at radius 3 is 2.50 bits per heavy atom. The number of nitrogens with zero attached hydrogens (tertiary/aromatic N) is 3. The van der Waals surface area contributed by atoms with Gasteiger partial charge in [0.25, 0.3) is 0 Å². The Balaban J connectivity index is 1.68. The van der Waals surface area contributed by atoms with E-state index in [1.807, 2.05) is 12.1 Å². The quantitative estimate of drug-likeness (QED) is 0.799. The molecule has 5 heteroatoms. The zero-order valence-corrected chi connectivity index (χ0v) is 11.7. The van der Waals surface area contributed by atoms with Crippen LogP contribution in [0.2, 0.25) is 0 Å². The van der Waals surface area contributed by atoms with E-state index in [0.717, 1.165) is 11.0 Å². The smallest absolute Gasteiger partial charge is 0.121 e. The second kappa shape index (κ2) is 6.20. The summed E-state index contributed by atoms with van der Waals surface area (Å²) in [6.07, 6.45) is 2.50. The van der Waals surface area contributed by atoms with E-state index in [0.29, 0.717) is 16.9 Å². The van der Waals surface area contributed by atoms with Gasteiger partial charge in [0.1, 0.15) is 18.5 Å². The van der Waals surface area contributed by atoms with Crippen molar-refractivity contribution in [1.82, 2.24) is 9.97 Å². The largest absolute Gasteiger partial charge is 0.490 e. The summed E-state index contributed by atoms with van der Waals surface area (Å²) in [4.78, 5) is 8.40. The first-order valence-corrected chi connectivity index (χ1v) is 6.78. The van der Waals surface area contributed by atoms with Gasteiger partial charge in [-0.3, -0.25) is 9.97 Å². The molecule has 0 saturated carbocycles. The lowest BCUT2D eigenvalue weighted by Crippen LogP contribution is -2.09. The van der Waals surface area contributed by atoms with Crippen molar-refractivity contribution in [3.8, 4) is 11.8 Å². The minimum Gasteiger partial charge on any atom is -0.490 e. The summed E-state index contributed by atoms with van der Waals surface area (Å²) in [6, 6.07) is 14.2. The van der Waals surface area contributed by atoms with Crippen molar-refractivity contribution in [3.05, 3.63) is 66.0 Å². The molecule has 22 heavy (non-hydrogen) atoms. The lowest BCUT2D eigenvalue weighted by Gasteiger charge is -2.13. The van der Waals surface area contributed by atoms with Crippen LogP contribution in [-0.4, -0.2) is 21.7 Å². The molecule has 1 N–H and O–H groups in total. The van der Waals surface area contributed by atoms with Crippen LogP contribution in [-0.2, 0) is 0 Å². The number of hydrogen-bond acceptors (Lipinski definition) is 5. The highest BCUT2D eigenvalue weighted by Gasteiger charge is 2.09. The van der Waals surface area contributed by atoms with Crippen LogP contribution in [0.5, 0.6) is 5.75 Å². The Labute approximate surface area is 127 Å². The lowest BCUT2D eigenvalue weighted by molar-refractivity contribution is 0.108. The highest BCUT2D eigenvalue weighted by molar-refractivity contribution is 5.75. The predicted molar refractivity (Wildman–Crippen MR) is 81.1 cm³/mol. The third-order valence-corrected chi connectivity index (χ3v) is 3.27. The van der Waals surface area contributed by atoms with E-state index >= 15 is 0 Å².